The quantitative estimate of drug-likeness (QED) is 0.0728. The molecule has 22 heteroatoms. The number of carbonyl (C=O) groups excluding carboxylic acids is 2. The second kappa shape index (κ2) is 18.5. The van der Waals surface area contributed by atoms with Crippen molar-refractivity contribution in [3.05, 3.63) is 95.1 Å². The summed E-state index contributed by atoms with van der Waals surface area (Å²) < 4.78 is 34.1. The lowest BCUT2D eigenvalue weighted by molar-refractivity contribution is -0.277. The van der Waals surface area contributed by atoms with Crippen molar-refractivity contribution in [1.29, 1.82) is 0 Å². The van der Waals surface area contributed by atoms with E-state index in [0.29, 0.717) is 0 Å². The van der Waals surface area contributed by atoms with Crippen LogP contribution in [0.15, 0.2) is 72.8 Å². The van der Waals surface area contributed by atoms with Crippen LogP contribution in [-0.4, -0.2) is 170 Å². The molecule has 4 aromatic rings. The van der Waals surface area contributed by atoms with Crippen LogP contribution < -0.4 is 9.47 Å². The molecule has 2 heterocycles. The van der Waals surface area contributed by atoms with Crippen LogP contribution in [0.25, 0.3) is 0 Å². The van der Waals surface area contributed by atoms with Gasteiger partial charge in [0.25, 0.3) is 0 Å². The van der Waals surface area contributed by atoms with Crippen molar-refractivity contribution < 1.29 is 110 Å². The summed E-state index contributed by atoms with van der Waals surface area (Å²) in [5.74, 6) is -9.85. The van der Waals surface area contributed by atoms with Gasteiger partial charge in [-0.1, -0.05) is 24.3 Å². The summed E-state index contributed by atoms with van der Waals surface area (Å²) in [4.78, 5) is 28.6. The largest absolute Gasteiger partial charge is 0.508 e. The molecule has 0 spiro atoms. The predicted molar refractivity (Wildman–Crippen MR) is 208 cm³/mol. The van der Waals surface area contributed by atoms with Crippen molar-refractivity contribution in [3.8, 4) is 46.0 Å². The minimum atomic E-state index is -1.98. The summed E-state index contributed by atoms with van der Waals surface area (Å²) in [6.45, 7) is -1.68. The van der Waals surface area contributed by atoms with Crippen LogP contribution in [0.5, 0.6) is 46.0 Å². The fourth-order valence-corrected chi connectivity index (χ4v) is 7.83. The molecular weight excluding hydrogens is 856 g/mol. The van der Waals surface area contributed by atoms with E-state index in [4.69, 9.17) is 28.4 Å². The molecule has 3 fully saturated rings. The second-order valence-electron chi connectivity index (χ2n) is 15.3. The van der Waals surface area contributed by atoms with Crippen LogP contribution in [0.3, 0.4) is 0 Å². The maximum Gasteiger partial charge on any atom is 0.346 e. The molecule has 0 unspecified atom stereocenters. The summed E-state index contributed by atoms with van der Waals surface area (Å²) in [5, 5.41) is 145. The van der Waals surface area contributed by atoms with Gasteiger partial charge in [-0.3, -0.25) is 0 Å². The molecule has 2 aliphatic heterocycles. The predicted octanol–water partition coefficient (Wildman–Crippen LogP) is -1.39. The van der Waals surface area contributed by atoms with Crippen LogP contribution in [0.2, 0.25) is 0 Å². The van der Waals surface area contributed by atoms with Gasteiger partial charge in [-0.25, -0.2) is 9.59 Å². The van der Waals surface area contributed by atoms with Crippen LogP contribution in [0.1, 0.15) is 43.7 Å². The van der Waals surface area contributed by atoms with Crippen molar-refractivity contribution >= 4 is 11.9 Å². The minimum absolute atomic E-state index is 0.187. The number of phenols is 6. The normalized spacial score (nSPS) is 31.3. The average Bonchev–Trinajstić information content (AvgIpc) is 3.24. The first-order valence-corrected chi connectivity index (χ1v) is 19.5. The van der Waals surface area contributed by atoms with Crippen LogP contribution in [0.4, 0.5) is 0 Å². The molecule has 7 rings (SSSR count). The van der Waals surface area contributed by atoms with Crippen molar-refractivity contribution in [2.75, 3.05) is 13.2 Å². The first-order valence-electron chi connectivity index (χ1n) is 19.5. The van der Waals surface area contributed by atoms with Gasteiger partial charge in [0.05, 0.1) is 25.0 Å². The van der Waals surface area contributed by atoms with E-state index < -0.39 is 156 Å². The van der Waals surface area contributed by atoms with Gasteiger partial charge in [0.2, 0.25) is 12.6 Å². The van der Waals surface area contributed by atoms with E-state index >= 15 is 0 Å². The number of esters is 2. The Kier molecular flexibility index (Phi) is 13.2. The summed E-state index contributed by atoms with van der Waals surface area (Å²) >= 11 is 0. The SMILES string of the molecule is O=C(OC1C(c2ccc(O)cc2)C(OC(=O)c2c(O)cc(O)cc2O[C@@H]2O[C@H](CO)[C@@H](O)[C@H](O)[C@H]2O)C1c1ccc(O)cc1)c1c(O)cc(O)cc1O[C@@H]1O[C@H](CO)[C@@H](O)[C@H](O)[C@H]1O. The van der Waals surface area contributed by atoms with Crippen molar-refractivity contribution in [2.45, 2.75) is 85.5 Å². The molecule has 64 heavy (non-hydrogen) atoms. The van der Waals surface area contributed by atoms with Crippen molar-refractivity contribution in [2.24, 2.45) is 0 Å². The molecule has 0 amide bonds. The number of phenolic OH excluding ortho intramolecular Hbond substituents is 6. The molecule has 1 aliphatic carbocycles. The maximum atomic E-state index is 14.3. The molecule has 1 saturated carbocycles. The molecule has 22 nitrogen and oxygen atoms in total. The second-order valence-corrected chi connectivity index (χ2v) is 15.3. The lowest BCUT2D eigenvalue weighted by Gasteiger charge is -2.50. The molecule has 14 N–H and O–H groups in total. The van der Waals surface area contributed by atoms with E-state index in [1.165, 1.54) is 48.5 Å². The topological polar surface area (TPSA) is 373 Å². The van der Waals surface area contributed by atoms with Gasteiger partial charge >= 0.3 is 11.9 Å². The number of benzene rings is 4. The van der Waals surface area contributed by atoms with Gasteiger partial charge in [-0.2, -0.15) is 0 Å². The van der Waals surface area contributed by atoms with Crippen LogP contribution >= 0.6 is 0 Å². The highest BCUT2D eigenvalue weighted by Gasteiger charge is 2.57. The third-order valence-electron chi connectivity index (χ3n) is 11.2. The third kappa shape index (κ3) is 8.83. The van der Waals surface area contributed by atoms with Gasteiger partial charge in [0.1, 0.15) is 118 Å². The molecule has 3 aliphatic rings. The number of ether oxygens (including phenoxy) is 6. The lowest BCUT2D eigenvalue weighted by atomic mass is 9.63. The highest BCUT2D eigenvalue weighted by molar-refractivity contribution is 5.97. The number of rotatable bonds is 12. The highest BCUT2D eigenvalue weighted by Crippen LogP contribution is 2.53. The molecule has 0 radical (unpaired) electrons. The fourth-order valence-electron chi connectivity index (χ4n) is 7.83. The fraction of sp³-hybridized carbons (Fsp3) is 0.381. The summed E-state index contributed by atoms with van der Waals surface area (Å²) in [5.41, 5.74) is -0.950. The molecule has 0 bridgehead atoms. The number of aromatic hydroxyl groups is 6. The minimum Gasteiger partial charge on any atom is -0.508 e. The number of aliphatic hydroxyl groups excluding tert-OH is 8. The Labute approximate surface area is 360 Å². The zero-order valence-electron chi connectivity index (χ0n) is 33.0. The van der Waals surface area contributed by atoms with Crippen molar-refractivity contribution in [1.82, 2.24) is 0 Å². The Morgan fingerprint density at radius 3 is 1.14 bits per heavy atom. The standard InChI is InChI=1S/C42H44O22/c43-13-25-31(51)33(53)35(55)41(61-25)59-23-11-19(47)9-21(49)29(23)39(57)63-37-27(15-1-5-17(45)6-2-15)38(28(37)16-3-7-18(46)8-4-16)64-40(58)30-22(50)10-20(48)12-24(30)60-42-36(56)34(54)32(52)26(14-44)62-42/h1-12,25-28,31-38,41-56H,13-14H2/t25-,26-,27?,28?,31-,32-,33+,34+,35-,36-,37?,38?,41-,42-/m1/s1. The Bertz CT molecular complexity index is 2130. The molecule has 4 aromatic carbocycles. The number of hydrogen-bond acceptors (Lipinski definition) is 22. The van der Waals surface area contributed by atoms with Gasteiger partial charge in [0.15, 0.2) is 0 Å². The van der Waals surface area contributed by atoms with E-state index in [1.54, 1.807) is 0 Å². The highest BCUT2D eigenvalue weighted by atomic mass is 16.7. The van der Waals surface area contributed by atoms with Gasteiger partial charge < -0.3 is 99.9 Å². The van der Waals surface area contributed by atoms with Gasteiger partial charge in [0, 0.05) is 24.3 Å². The van der Waals surface area contributed by atoms with Crippen molar-refractivity contribution in [3.63, 3.8) is 0 Å². The lowest BCUT2D eigenvalue weighted by Crippen LogP contribution is -2.60. The first kappa shape index (κ1) is 45.8. The molecule has 2 saturated heterocycles. The van der Waals surface area contributed by atoms with Crippen LogP contribution in [0, 0.1) is 0 Å². The molecular formula is C42H44O22. The molecule has 344 valence electrons. The van der Waals surface area contributed by atoms with E-state index in [2.05, 4.69) is 0 Å². The van der Waals surface area contributed by atoms with E-state index in [9.17, 15) is 81.1 Å². The zero-order chi connectivity index (χ0) is 46.3. The Hall–Kier alpha value is -6.18. The summed E-state index contributed by atoms with van der Waals surface area (Å²) in [6, 6.07) is 13.9. The van der Waals surface area contributed by atoms with E-state index in [1.807, 2.05) is 0 Å². The smallest absolute Gasteiger partial charge is 0.346 e. The van der Waals surface area contributed by atoms with E-state index in [0.717, 1.165) is 24.3 Å². The van der Waals surface area contributed by atoms with E-state index in [-0.39, 0.29) is 22.6 Å². The Morgan fingerprint density at radius 1 is 0.469 bits per heavy atom. The average molecular weight is 901 g/mol. The molecule has 10 atom stereocenters. The Balaban J connectivity index is 1.25. The van der Waals surface area contributed by atoms with Gasteiger partial charge in [-0.15, -0.1) is 0 Å². The number of carbonyl (C=O) groups is 2. The summed E-state index contributed by atoms with van der Waals surface area (Å²) in [6.07, 6.45) is -20.8. The van der Waals surface area contributed by atoms with Gasteiger partial charge in [-0.05, 0) is 35.4 Å². The number of aliphatic hydroxyl groups is 8. The number of hydrogen-bond donors (Lipinski definition) is 14. The third-order valence-corrected chi connectivity index (χ3v) is 11.2. The zero-order valence-corrected chi connectivity index (χ0v) is 33.0. The first-order chi connectivity index (χ1) is 30.4. The summed E-state index contributed by atoms with van der Waals surface area (Å²) in [7, 11) is 0. The van der Waals surface area contributed by atoms with Crippen LogP contribution in [-0.2, 0) is 18.9 Å². The molecule has 0 aromatic heterocycles. The monoisotopic (exact) mass is 900 g/mol. The Morgan fingerprint density at radius 2 is 0.812 bits per heavy atom. The maximum absolute atomic E-state index is 14.3.